The fourth-order valence-electron chi connectivity index (χ4n) is 2.21. The van der Waals surface area contributed by atoms with Crippen molar-refractivity contribution < 1.29 is 9.18 Å². The van der Waals surface area contributed by atoms with Crippen LogP contribution >= 0.6 is 11.6 Å². The normalized spacial score (nSPS) is 22.5. The highest BCUT2D eigenvalue weighted by Crippen LogP contribution is 2.26. The predicted molar refractivity (Wildman–Crippen MR) is 65.6 cm³/mol. The van der Waals surface area contributed by atoms with Crippen LogP contribution in [0.2, 0.25) is 5.02 Å². The van der Waals surface area contributed by atoms with Crippen molar-refractivity contribution in [3.8, 4) is 6.07 Å². The predicted octanol–water partition coefficient (Wildman–Crippen LogP) is 2.90. The molecule has 0 heterocycles. The van der Waals surface area contributed by atoms with E-state index in [1.807, 2.05) is 0 Å². The van der Waals surface area contributed by atoms with Crippen LogP contribution in [0.15, 0.2) is 18.2 Å². The van der Waals surface area contributed by atoms with E-state index in [4.69, 9.17) is 16.9 Å². The molecule has 0 bridgehead atoms. The Morgan fingerprint density at radius 2 is 2.28 bits per heavy atom. The molecule has 0 aromatic heterocycles. The van der Waals surface area contributed by atoms with Crippen LogP contribution < -0.4 is 5.32 Å². The first-order chi connectivity index (χ1) is 8.63. The number of hydrogen-bond acceptors (Lipinski definition) is 2. The molecule has 1 aromatic rings. The number of nitriles is 1. The molecular weight excluding hydrogens is 255 g/mol. The minimum absolute atomic E-state index is 0.111. The van der Waals surface area contributed by atoms with Gasteiger partial charge in [-0.2, -0.15) is 5.26 Å². The van der Waals surface area contributed by atoms with Gasteiger partial charge in [0.25, 0.3) is 5.91 Å². The summed E-state index contributed by atoms with van der Waals surface area (Å²) in [4.78, 5) is 12.0. The molecule has 0 aliphatic heterocycles. The molecule has 1 N–H and O–H groups in total. The molecule has 1 aliphatic rings. The number of amides is 1. The highest BCUT2D eigenvalue weighted by Gasteiger charge is 2.29. The Labute approximate surface area is 110 Å². The molecule has 2 rings (SSSR count). The van der Waals surface area contributed by atoms with Gasteiger partial charge in [0.1, 0.15) is 5.82 Å². The molecule has 0 saturated heterocycles. The molecule has 2 unspecified atom stereocenters. The van der Waals surface area contributed by atoms with Gasteiger partial charge in [-0.05, 0) is 31.4 Å². The van der Waals surface area contributed by atoms with Gasteiger partial charge < -0.3 is 5.32 Å². The minimum atomic E-state index is -0.618. The first-order valence-corrected chi connectivity index (χ1v) is 6.15. The lowest BCUT2D eigenvalue weighted by Gasteiger charge is -2.16. The zero-order valence-corrected chi connectivity index (χ0v) is 10.4. The number of halogens is 2. The third-order valence-electron chi connectivity index (χ3n) is 3.19. The van der Waals surface area contributed by atoms with Gasteiger partial charge in [-0.3, -0.25) is 4.79 Å². The first kappa shape index (κ1) is 12.8. The van der Waals surface area contributed by atoms with Crippen molar-refractivity contribution in [1.82, 2.24) is 5.32 Å². The molecule has 94 valence electrons. The standard InChI is InChI=1S/C13H12ClFN2O/c14-12-9(4-2-5-10(12)15)13(18)17-11-6-1-3-8(11)7-16/h2,4-5,8,11H,1,3,6H2,(H,17,18). The Morgan fingerprint density at radius 3 is 3.00 bits per heavy atom. The zero-order valence-electron chi connectivity index (χ0n) is 9.62. The molecule has 1 aromatic carbocycles. The van der Waals surface area contributed by atoms with Crippen molar-refractivity contribution in [1.29, 1.82) is 5.26 Å². The average molecular weight is 267 g/mol. The lowest BCUT2D eigenvalue weighted by Crippen LogP contribution is -2.37. The number of nitrogens with zero attached hydrogens (tertiary/aromatic N) is 1. The third-order valence-corrected chi connectivity index (χ3v) is 3.58. The molecule has 2 atom stereocenters. The molecule has 1 amide bonds. The van der Waals surface area contributed by atoms with E-state index in [9.17, 15) is 9.18 Å². The van der Waals surface area contributed by atoms with Gasteiger partial charge >= 0.3 is 0 Å². The van der Waals surface area contributed by atoms with Crippen LogP contribution in [-0.4, -0.2) is 11.9 Å². The second-order valence-electron chi connectivity index (χ2n) is 4.35. The Bertz CT molecular complexity index is 512. The molecule has 0 spiro atoms. The van der Waals surface area contributed by atoms with E-state index in [1.165, 1.54) is 18.2 Å². The molecule has 0 radical (unpaired) electrons. The average Bonchev–Trinajstić information content (AvgIpc) is 2.79. The Kier molecular flexibility index (Phi) is 3.83. The number of carbonyl (C=O) groups is 1. The smallest absolute Gasteiger partial charge is 0.253 e. The molecule has 18 heavy (non-hydrogen) atoms. The first-order valence-electron chi connectivity index (χ1n) is 5.78. The van der Waals surface area contributed by atoms with Crippen molar-refractivity contribution in [3.05, 3.63) is 34.6 Å². The monoisotopic (exact) mass is 266 g/mol. The summed E-state index contributed by atoms with van der Waals surface area (Å²) in [5, 5.41) is 11.5. The van der Waals surface area contributed by atoms with E-state index in [-0.39, 0.29) is 22.5 Å². The second kappa shape index (κ2) is 5.36. The van der Waals surface area contributed by atoms with Gasteiger partial charge in [0.05, 0.1) is 22.6 Å². The summed E-state index contributed by atoms with van der Waals surface area (Å²) < 4.78 is 13.2. The van der Waals surface area contributed by atoms with E-state index < -0.39 is 11.7 Å². The number of rotatable bonds is 2. The van der Waals surface area contributed by atoms with Crippen LogP contribution in [0.5, 0.6) is 0 Å². The molecule has 1 fully saturated rings. The van der Waals surface area contributed by atoms with E-state index >= 15 is 0 Å². The van der Waals surface area contributed by atoms with Gasteiger partial charge in [0.2, 0.25) is 0 Å². The van der Waals surface area contributed by atoms with Crippen molar-refractivity contribution in [3.63, 3.8) is 0 Å². The Morgan fingerprint density at radius 1 is 1.50 bits per heavy atom. The maximum atomic E-state index is 13.2. The summed E-state index contributed by atoms with van der Waals surface area (Å²) >= 11 is 5.74. The van der Waals surface area contributed by atoms with Crippen molar-refractivity contribution >= 4 is 17.5 Å². The van der Waals surface area contributed by atoms with Gasteiger partial charge in [0.15, 0.2) is 0 Å². The summed E-state index contributed by atoms with van der Waals surface area (Å²) in [6.07, 6.45) is 2.48. The van der Waals surface area contributed by atoms with Gasteiger partial charge in [0, 0.05) is 6.04 Å². The number of nitrogens with one attached hydrogen (secondary N) is 1. The second-order valence-corrected chi connectivity index (χ2v) is 4.73. The SMILES string of the molecule is N#CC1CCCC1NC(=O)c1cccc(F)c1Cl. The lowest BCUT2D eigenvalue weighted by atomic mass is 10.1. The van der Waals surface area contributed by atoms with Gasteiger partial charge in [-0.15, -0.1) is 0 Å². The van der Waals surface area contributed by atoms with Crippen molar-refractivity contribution in [2.45, 2.75) is 25.3 Å². The highest BCUT2D eigenvalue weighted by molar-refractivity contribution is 6.34. The van der Waals surface area contributed by atoms with Crippen molar-refractivity contribution in [2.75, 3.05) is 0 Å². The fraction of sp³-hybridized carbons (Fsp3) is 0.385. The number of hydrogen-bond donors (Lipinski definition) is 1. The largest absolute Gasteiger partial charge is 0.348 e. The minimum Gasteiger partial charge on any atom is -0.348 e. The van der Waals surface area contributed by atoms with Gasteiger partial charge in [-0.25, -0.2) is 4.39 Å². The third kappa shape index (κ3) is 2.46. The summed E-state index contributed by atoms with van der Waals surface area (Å²) in [6.45, 7) is 0. The van der Waals surface area contributed by atoms with Crippen LogP contribution in [0.1, 0.15) is 29.6 Å². The highest BCUT2D eigenvalue weighted by atomic mass is 35.5. The number of benzene rings is 1. The summed E-state index contributed by atoms with van der Waals surface area (Å²) in [7, 11) is 0. The zero-order chi connectivity index (χ0) is 13.1. The molecular formula is C13H12ClFN2O. The Balaban J connectivity index is 2.13. The van der Waals surface area contributed by atoms with E-state index in [0.717, 1.165) is 19.3 Å². The fourth-order valence-corrected chi connectivity index (χ4v) is 2.42. The van der Waals surface area contributed by atoms with Crippen LogP contribution in [-0.2, 0) is 0 Å². The maximum Gasteiger partial charge on any atom is 0.253 e. The summed E-state index contributed by atoms with van der Waals surface area (Å²) in [5.41, 5.74) is 0.111. The topological polar surface area (TPSA) is 52.9 Å². The summed E-state index contributed by atoms with van der Waals surface area (Å²) in [5.74, 6) is -1.21. The van der Waals surface area contributed by atoms with Crippen LogP contribution in [0.25, 0.3) is 0 Å². The quantitative estimate of drug-likeness (QED) is 0.895. The van der Waals surface area contributed by atoms with E-state index in [1.54, 1.807) is 0 Å². The summed E-state index contributed by atoms with van der Waals surface area (Å²) in [6, 6.07) is 6.12. The van der Waals surface area contributed by atoms with Crippen LogP contribution in [0, 0.1) is 23.1 Å². The number of carbonyl (C=O) groups excluding carboxylic acids is 1. The van der Waals surface area contributed by atoms with E-state index in [0.29, 0.717) is 0 Å². The molecule has 1 aliphatic carbocycles. The lowest BCUT2D eigenvalue weighted by molar-refractivity contribution is 0.0932. The Hall–Kier alpha value is -1.60. The van der Waals surface area contributed by atoms with Gasteiger partial charge in [-0.1, -0.05) is 17.7 Å². The van der Waals surface area contributed by atoms with E-state index in [2.05, 4.69) is 11.4 Å². The van der Waals surface area contributed by atoms with Crippen molar-refractivity contribution in [2.24, 2.45) is 5.92 Å². The molecule has 5 heteroatoms. The molecule has 1 saturated carbocycles. The maximum absolute atomic E-state index is 13.2. The van der Waals surface area contributed by atoms with Crippen LogP contribution in [0.3, 0.4) is 0 Å². The molecule has 3 nitrogen and oxygen atoms in total. The van der Waals surface area contributed by atoms with Crippen LogP contribution in [0.4, 0.5) is 4.39 Å².